The van der Waals surface area contributed by atoms with E-state index in [1.54, 1.807) is 13.8 Å². The third-order valence-electron chi connectivity index (χ3n) is 3.99. The molecule has 0 aliphatic rings. The number of aliphatic carboxylic acids is 1. The first-order chi connectivity index (χ1) is 20.7. The fourth-order valence-corrected chi connectivity index (χ4v) is 2.24. The Labute approximate surface area is 258 Å². The quantitative estimate of drug-likeness (QED) is 0.126. The molecule has 0 spiro atoms. The lowest BCUT2D eigenvalue weighted by atomic mass is 10.1. The lowest BCUT2D eigenvalue weighted by Gasteiger charge is -2.02. The highest BCUT2D eigenvalue weighted by Gasteiger charge is 2.05. The lowest BCUT2D eigenvalue weighted by molar-refractivity contribution is -0.147. The summed E-state index contributed by atoms with van der Waals surface area (Å²) in [7, 11) is 2.59. The van der Waals surface area contributed by atoms with Crippen molar-refractivity contribution >= 4 is 36.3 Å². The molecule has 2 aromatic carbocycles. The van der Waals surface area contributed by atoms with Crippen LogP contribution >= 0.6 is 0 Å². The molecule has 242 valence electrons. The monoisotopic (exact) mass is 618 g/mol. The molecular weight excluding hydrogens is 576 g/mol. The number of hydrogen-bond acceptors (Lipinski definition) is 11. The van der Waals surface area contributed by atoms with Gasteiger partial charge in [-0.2, -0.15) is 0 Å². The van der Waals surface area contributed by atoms with Gasteiger partial charge in [-0.3, -0.25) is 24.0 Å². The summed E-state index contributed by atoms with van der Waals surface area (Å²) in [5.74, 6) is -2.23. The molecule has 12 nitrogen and oxygen atoms in total. The Morgan fingerprint density at radius 1 is 0.727 bits per heavy atom. The van der Waals surface area contributed by atoms with Crippen LogP contribution in [0, 0.1) is 0 Å². The van der Waals surface area contributed by atoms with E-state index in [4.69, 9.17) is 14.7 Å². The summed E-state index contributed by atoms with van der Waals surface area (Å²) >= 11 is 0. The van der Waals surface area contributed by atoms with E-state index in [1.165, 1.54) is 32.3 Å². The number of rotatable bonds is 10. The van der Waals surface area contributed by atoms with Gasteiger partial charge in [-0.1, -0.05) is 73.8 Å². The summed E-state index contributed by atoms with van der Waals surface area (Å²) < 4.78 is 22.0. The summed E-state index contributed by atoms with van der Waals surface area (Å²) in [6.45, 7) is 12.7. The van der Waals surface area contributed by atoms with Gasteiger partial charge in [0, 0.05) is 19.4 Å². The fraction of sp³-hybridized carbons (Fsp3) is 0.312. The predicted octanol–water partition coefficient (Wildman–Crippen LogP) is 4.92. The van der Waals surface area contributed by atoms with Crippen molar-refractivity contribution in [1.29, 1.82) is 0 Å². The zero-order valence-corrected chi connectivity index (χ0v) is 26.0. The van der Waals surface area contributed by atoms with E-state index in [0.29, 0.717) is 17.8 Å². The van der Waals surface area contributed by atoms with Gasteiger partial charge in [-0.15, -0.1) is 0 Å². The molecule has 2 rings (SSSR count). The van der Waals surface area contributed by atoms with Crippen molar-refractivity contribution in [2.24, 2.45) is 0 Å². The summed E-state index contributed by atoms with van der Waals surface area (Å²) in [5.41, 5.74) is 2.87. The molecule has 0 bridgehead atoms. The SMILES string of the molecule is C=C(C)C(=O)OCCC(=O)OC.C=C(C)OC(=O)CCOC(C)=O.CC(=O)O.COC=O.c1ccc(-c2ccccc2)cc1. The molecule has 0 aliphatic heterocycles. The highest BCUT2D eigenvalue weighted by molar-refractivity contribution is 5.87. The van der Waals surface area contributed by atoms with Gasteiger partial charge in [0.15, 0.2) is 0 Å². The number of carbonyl (C=O) groups excluding carboxylic acids is 5. The van der Waals surface area contributed by atoms with Crippen LogP contribution in [0.15, 0.2) is 85.2 Å². The van der Waals surface area contributed by atoms with Crippen molar-refractivity contribution in [1.82, 2.24) is 0 Å². The van der Waals surface area contributed by atoms with E-state index in [0.717, 1.165) is 6.92 Å². The molecule has 0 saturated carbocycles. The minimum atomic E-state index is -0.833. The number of benzene rings is 2. The van der Waals surface area contributed by atoms with Gasteiger partial charge in [-0.05, 0) is 25.0 Å². The topological polar surface area (TPSA) is 169 Å². The van der Waals surface area contributed by atoms with Crippen LogP contribution in [0.5, 0.6) is 0 Å². The summed E-state index contributed by atoms with van der Waals surface area (Å²) in [5, 5.41) is 7.42. The molecule has 12 heteroatoms. The van der Waals surface area contributed by atoms with Crippen molar-refractivity contribution < 1.29 is 57.6 Å². The van der Waals surface area contributed by atoms with E-state index in [9.17, 15) is 19.2 Å². The van der Waals surface area contributed by atoms with Crippen LogP contribution in [0.4, 0.5) is 0 Å². The van der Waals surface area contributed by atoms with Crippen molar-refractivity contribution in [3.8, 4) is 11.1 Å². The van der Waals surface area contributed by atoms with Crippen LogP contribution in [0.2, 0.25) is 0 Å². The first kappa shape index (κ1) is 43.2. The number of allylic oxidation sites excluding steroid dienone is 1. The van der Waals surface area contributed by atoms with Gasteiger partial charge in [0.1, 0.15) is 13.2 Å². The van der Waals surface area contributed by atoms with Crippen LogP contribution in [0.3, 0.4) is 0 Å². The van der Waals surface area contributed by atoms with Crippen molar-refractivity contribution in [2.45, 2.75) is 40.5 Å². The Hall–Kier alpha value is -5.26. The maximum atomic E-state index is 10.8. The molecule has 0 heterocycles. The standard InChI is InChI=1S/C12H10.2C8H12O4.2C2H4O2/c1-3-7-11(8-4-1)12-9-5-2-6-10-12;1-6(2)8(10)12-5-4-7(9)11-3;1-6(2)12-8(10)4-5-11-7(3)9;1-4-2-3;1-2(3)4/h1-10H;2*1,4-5H2,2-3H3;2H,1H3;1H3,(H,3,4). The molecule has 0 amide bonds. The fourth-order valence-electron chi connectivity index (χ4n) is 2.24. The summed E-state index contributed by atoms with van der Waals surface area (Å²) in [6, 6.07) is 20.8. The molecule has 0 aromatic heterocycles. The number of carbonyl (C=O) groups is 6. The van der Waals surface area contributed by atoms with Gasteiger partial charge in [0.2, 0.25) is 0 Å². The average molecular weight is 619 g/mol. The predicted molar refractivity (Wildman–Crippen MR) is 163 cm³/mol. The second kappa shape index (κ2) is 29.2. The summed E-state index contributed by atoms with van der Waals surface area (Å²) in [6.07, 6.45) is 0.141. The third-order valence-corrected chi connectivity index (χ3v) is 3.99. The molecule has 0 radical (unpaired) electrons. The minimum absolute atomic E-state index is 0.0400. The third kappa shape index (κ3) is 32.9. The van der Waals surface area contributed by atoms with Crippen LogP contribution in [-0.2, 0) is 52.5 Å². The Balaban J connectivity index is -0.000000510. The van der Waals surface area contributed by atoms with Gasteiger partial charge < -0.3 is 28.8 Å². The Bertz CT molecular complexity index is 1100. The number of methoxy groups -OCH3 is 2. The Kier molecular flexibility index (Phi) is 28.7. The molecule has 0 aliphatic carbocycles. The van der Waals surface area contributed by atoms with Crippen LogP contribution < -0.4 is 0 Å². The van der Waals surface area contributed by atoms with Crippen molar-refractivity contribution in [3.63, 3.8) is 0 Å². The van der Waals surface area contributed by atoms with Crippen molar-refractivity contribution in [2.75, 3.05) is 27.4 Å². The second-order valence-electron chi connectivity index (χ2n) is 8.09. The molecular formula is C32H42O12. The molecule has 0 saturated heterocycles. The summed E-state index contributed by atoms with van der Waals surface area (Å²) in [4.78, 5) is 60.2. The highest BCUT2D eigenvalue weighted by Crippen LogP contribution is 2.17. The zero-order chi connectivity index (χ0) is 34.3. The maximum Gasteiger partial charge on any atom is 0.333 e. The number of esters is 4. The van der Waals surface area contributed by atoms with E-state index >= 15 is 0 Å². The van der Waals surface area contributed by atoms with Crippen LogP contribution in [0.1, 0.15) is 40.5 Å². The highest BCUT2D eigenvalue weighted by atomic mass is 16.6. The Morgan fingerprint density at radius 2 is 1.11 bits per heavy atom. The van der Waals surface area contributed by atoms with Crippen LogP contribution in [-0.4, -0.2) is 68.9 Å². The molecule has 2 aromatic rings. The molecule has 0 fully saturated rings. The van der Waals surface area contributed by atoms with E-state index in [1.807, 2.05) is 12.1 Å². The van der Waals surface area contributed by atoms with Gasteiger partial charge in [0.05, 0.1) is 32.8 Å². The van der Waals surface area contributed by atoms with Gasteiger partial charge in [0.25, 0.3) is 12.4 Å². The first-order valence-electron chi connectivity index (χ1n) is 12.9. The smallest absolute Gasteiger partial charge is 0.333 e. The van der Waals surface area contributed by atoms with Crippen molar-refractivity contribution in [3.05, 3.63) is 85.2 Å². The number of hydrogen-bond donors (Lipinski definition) is 1. The molecule has 0 unspecified atom stereocenters. The minimum Gasteiger partial charge on any atom is -0.481 e. The van der Waals surface area contributed by atoms with Gasteiger partial charge >= 0.3 is 23.9 Å². The van der Waals surface area contributed by atoms with Gasteiger partial charge in [-0.25, -0.2) is 4.79 Å². The number of carboxylic acids is 1. The van der Waals surface area contributed by atoms with E-state index in [2.05, 4.69) is 85.4 Å². The second-order valence-corrected chi connectivity index (χ2v) is 8.09. The number of ether oxygens (including phenoxy) is 5. The van der Waals surface area contributed by atoms with E-state index < -0.39 is 29.8 Å². The molecule has 44 heavy (non-hydrogen) atoms. The zero-order valence-electron chi connectivity index (χ0n) is 26.0. The first-order valence-corrected chi connectivity index (χ1v) is 12.9. The lowest BCUT2D eigenvalue weighted by Crippen LogP contribution is -2.10. The van der Waals surface area contributed by atoms with Crippen LogP contribution in [0.25, 0.3) is 11.1 Å². The van der Waals surface area contributed by atoms with E-state index in [-0.39, 0.29) is 26.1 Å². The molecule has 0 atom stereocenters. The molecule has 1 N–H and O–H groups in total. The average Bonchev–Trinajstić information content (AvgIpc) is 2.97. The normalized spacial score (nSPS) is 8.50. The Morgan fingerprint density at radius 3 is 1.43 bits per heavy atom. The largest absolute Gasteiger partial charge is 0.481 e. The maximum absolute atomic E-state index is 10.8. The number of carboxylic acid groups (broad SMARTS) is 1.